The van der Waals surface area contributed by atoms with Gasteiger partial charge in [0.05, 0.1) is 24.9 Å². The number of anilines is 2. The number of aromatic nitrogens is 2. The van der Waals surface area contributed by atoms with Crippen molar-refractivity contribution < 1.29 is 50.5 Å². The van der Waals surface area contributed by atoms with Crippen molar-refractivity contribution in [2.75, 3.05) is 29.4 Å². The first-order valence-electron chi connectivity index (χ1n) is 13.6. The topological polar surface area (TPSA) is 161 Å². The number of hydrogen-bond donors (Lipinski definition) is 3. The maximum atomic E-state index is 14.2. The monoisotopic (exact) mass is 633 g/mol. The standard InChI is InChI=1S/C26H34F3N5O8S/c1-5-33-14-21(23(32-33)40-11-10-35)43(38,39)34-13-20(22(16-6-7-16)30-15(2)36)41-19-9-8-17(12-18(19)34)31-24(37)42-25(3,4)26(27,28)29/h8-9,12,14,16,20,22,35H,5-7,10-11,13H2,1-4H3,(H,30,36)(H,31,37). The Labute approximate surface area is 246 Å². The number of carbonyl (C=O) groups is 2. The molecule has 13 nitrogen and oxygen atoms in total. The maximum Gasteiger partial charge on any atom is 0.427 e. The summed E-state index contributed by atoms with van der Waals surface area (Å²) >= 11 is 0. The molecule has 2 amide bonds. The van der Waals surface area contributed by atoms with Gasteiger partial charge >= 0.3 is 12.3 Å². The Bertz CT molecular complexity index is 1460. The van der Waals surface area contributed by atoms with Crippen LogP contribution >= 0.6 is 0 Å². The van der Waals surface area contributed by atoms with Gasteiger partial charge in [0.2, 0.25) is 11.5 Å². The normalized spacial score (nSPS) is 17.9. The number of amides is 2. The summed E-state index contributed by atoms with van der Waals surface area (Å²) in [6.07, 6.45) is -4.15. The highest BCUT2D eigenvalue weighted by molar-refractivity contribution is 7.93. The number of ether oxygens (including phenoxy) is 3. The van der Waals surface area contributed by atoms with E-state index in [1.54, 1.807) is 6.92 Å². The number of aryl methyl sites for hydroxylation is 1. The Kier molecular flexibility index (Phi) is 9.06. The Morgan fingerprint density at radius 3 is 2.53 bits per heavy atom. The number of hydrogen-bond acceptors (Lipinski definition) is 9. The smallest absolute Gasteiger partial charge is 0.427 e. The summed E-state index contributed by atoms with van der Waals surface area (Å²) in [5.74, 6) is -0.400. The van der Waals surface area contributed by atoms with Crippen LogP contribution in [0.15, 0.2) is 29.3 Å². The zero-order chi connectivity index (χ0) is 31.7. The lowest BCUT2D eigenvalue weighted by Gasteiger charge is -2.39. The molecule has 2 unspecified atom stereocenters. The summed E-state index contributed by atoms with van der Waals surface area (Å²) in [5.41, 5.74) is -2.88. The van der Waals surface area contributed by atoms with Crippen LogP contribution < -0.4 is 24.4 Å². The van der Waals surface area contributed by atoms with Crippen molar-refractivity contribution in [1.29, 1.82) is 0 Å². The third-order valence-corrected chi connectivity index (χ3v) is 8.71. The van der Waals surface area contributed by atoms with Gasteiger partial charge < -0.3 is 24.6 Å². The lowest BCUT2D eigenvalue weighted by Crippen LogP contribution is -2.55. The molecule has 1 aromatic carbocycles. The maximum absolute atomic E-state index is 14.2. The van der Waals surface area contributed by atoms with Crippen LogP contribution in [0.25, 0.3) is 0 Å². The predicted octanol–water partition coefficient (Wildman–Crippen LogP) is 3.03. The summed E-state index contributed by atoms with van der Waals surface area (Å²) in [6, 6.07) is 3.41. The molecule has 1 aliphatic heterocycles. The Balaban J connectivity index is 1.74. The molecule has 4 rings (SSSR count). The van der Waals surface area contributed by atoms with Gasteiger partial charge in [-0.2, -0.15) is 13.2 Å². The molecule has 2 aromatic rings. The van der Waals surface area contributed by atoms with E-state index in [9.17, 15) is 36.3 Å². The van der Waals surface area contributed by atoms with Crippen LogP contribution in [-0.4, -0.2) is 79.0 Å². The molecule has 0 spiro atoms. The molecule has 2 heterocycles. The van der Waals surface area contributed by atoms with Gasteiger partial charge in [-0.05, 0) is 57.7 Å². The molecule has 1 aliphatic carbocycles. The second-order valence-corrected chi connectivity index (χ2v) is 12.5. The average molecular weight is 634 g/mol. The van der Waals surface area contributed by atoms with Crippen molar-refractivity contribution >= 4 is 33.4 Å². The van der Waals surface area contributed by atoms with E-state index >= 15 is 0 Å². The fourth-order valence-electron chi connectivity index (χ4n) is 4.49. The number of fused-ring (bicyclic) bond motifs is 1. The van der Waals surface area contributed by atoms with Crippen LogP contribution in [0.3, 0.4) is 0 Å². The number of alkyl halides is 3. The molecule has 238 valence electrons. The third-order valence-electron chi connectivity index (χ3n) is 6.95. The molecule has 1 saturated carbocycles. The number of aliphatic hydroxyl groups excluding tert-OH is 1. The third kappa shape index (κ3) is 7.09. The first-order chi connectivity index (χ1) is 20.1. The first kappa shape index (κ1) is 32.2. The van der Waals surface area contributed by atoms with Gasteiger partial charge in [-0.15, -0.1) is 5.10 Å². The minimum absolute atomic E-state index is 0.0288. The van der Waals surface area contributed by atoms with Crippen molar-refractivity contribution in [3.8, 4) is 11.6 Å². The van der Waals surface area contributed by atoms with E-state index < -0.39 is 46.6 Å². The highest BCUT2D eigenvalue weighted by Crippen LogP contribution is 2.43. The van der Waals surface area contributed by atoms with Gasteiger partial charge in [0.15, 0.2) is 4.90 Å². The van der Waals surface area contributed by atoms with E-state index in [2.05, 4.69) is 20.5 Å². The van der Waals surface area contributed by atoms with E-state index in [1.165, 1.54) is 36.0 Å². The number of carbonyl (C=O) groups excluding carboxylic acids is 2. The Hall–Kier alpha value is -3.73. The van der Waals surface area contributed by atoms with E-state index in [4.69, 9.17) is 9.47 Å². The van der Waals surface area contributed by atoms with Crippen LogP contribution in [0.5, 0.6) is 11.6 Å². The van der Waals surface area contributed by atoms with Crippen molar-refractivity contribution in [2.45, 2.75) is 75.9 Å². The first-order valence-corrected chi connectivity index (χ1v) is 15.0. The molecule has 1 aromatic heterocycles. The van der Waals surface area contributed by atoms with Crippen molar-refractivity contribution in [3.05, 3.63) is 24.4 Å². The zero-order valence-corrected chi connectivity index (χ0v) is 24.8. The zero-order valence-electron chi connectivity index (χ0n) is 24.0. The molecule has 43 heavy (non-hydrogen) atoms. The van der Waals surface area contributed by atoms with Gasteiger partial charge in [-0.1, -0.05) is 0 Å². The van der Waals surface area contributed by atoms with Crippen molar-refractivity contribution in [2.24, 2.45) is 5.92 Å². The van der Waals surface area contributed by atoms with Crippen LogP contribution in [0.4, 0.5) is 29.3 Å². The molecule has 3 N–H and O–H groups in total. The summed E-state index contributed by atoms with van der Waals surface area (Å²) < 4.78 is 86.7. The van der Waals surface area contributed by atoms with Crippen molar-refractivity contribution in [3.63, 3.8) is 0 Å². The number of aliphatic hydroxyl groups is 1. The van der Waals surface area contributed by atoms with Crippen LogP contribution in [0, 0.1) is 5.92 Å². The van der Waals surface area contributed by atoms with E-state index in [1.807, 2.05) is 0 Å². The van der Waals surface area contributed by atoms with Crippen molar-refractivity contribution in [1.82, 2.24) is 15.1 Å². The lowest BCUT2D eigenvalue weighted by molar-refractivity contribution is -0.242. The van der Waals surface area contributed by atoms with E-state index in [0.29, 0.717) is 20.4 Å². The van der Waals surface area contributed by atoms with Crippen LogP contribution in [0.2, 0.25) is 0 Å². The van der Waals surface area contributed by atoms with Gasteiger partial charge in [0.1, 0.15) is 18.5 Å². The molecule has 0 radical (unpaired) electrons. The van der Waals surface area contributed by atoms with Gasteiger partial charge in [-0.25, -0.2) is 13.2 Å². The molecule has 0 bridgehead atoms. The quantitative estimate of drug-likeness (QED) is 0.338. The largest absolute Gasteiger partial charge is 0.484 e. The minimum Gasteiger partial charge on any atom is -0.484 e. The number of benzene rings is 1. The predicted molar refractivity (Wildman–Crippen MR) is 146 cm³/mol. The van der Waals surface area contributed by atoms with Gasteiger partial charge in [0, 0.05) is 25.4 Å². The van der Waals surface area contributed by atoms with Gasteiger partial charge in [0.25, 0.3) is 15.9 Å². The fourth-order valence-corrected chi connectivity index (χ4v) is 6.05. The summed E-state index contributed by atoms with van der Waals surface area (Å²) in [4.78, 5) is 24.1. The summed E-state index contributed by atoms with van der Waals surface area (Å²) in [7, 11) is -4.46. The average Bonchev–Trinajstić information content (AvgIpc) is 3.67. The van der Waals surface area contributed by atoms with Gasteiger partial charge in [-0.3, -0.25) is 19.1 Å². The Morgan fingerprint density at radius 2 is 1.95 bits per heavy atom. The Morgan fingerprint density at radius 1 is 1.26 bits per heavy atom. The molecule has 17 heteroatoms. The number of sulfonamides is 1. The number of nitrogens with zero attached hydrogens (tertiary/aromatic N) is 3. The van der Waals surface area contributed by atoms with E-state index in [0.717, 1.165) is 17.1 Å². The molecular weight excluding hydrogens is 599 g/mol. The number of rotatable bonds is 11. The second-order valence-electron chi connectivity index (χ2n) is 10.7. The van der Waals surface area contributed by atoms with Crippen LogP contribution in [-0.2, 0) is 26.1 Å². The summed E-state index contributed by atoms with van der Waals surface area (Å²) in [6.45, 7) is 3.91. The molecule has 0 saturated heterocycles. The molecular formula is C26H34F3N5O8S. The number of halogens is 3. The highest BCUT2D eigenvalue weighted by Gasteiger charge is 2.51. The molecule has 2 atom stereocenters. The SMILES string of the molecule is CCn1cc(S(=O)(=O)N2CC(C(NC(C)=O)C3CC3)Oc3ccc(NC(=O)OC(C)(C)C(F)(F)F)cc32)c(OCCO)n1. The summed E-state index contributed by atoms with van der Waals surface area (Å²) in [5, 5.41) is 18.4. The highest BCUT2D eigenvalue weighted by atomic mass is 32.2. The molecule has 2 aliphatic rings. The van der Waals surface area contributed by atoms with E-state index in [-0.39, 0.29) is 52.9 Å². The minimum atomic E-state index is -4.83. The second kappa shape index (κ2) is 12.1. The lowest BCUT2D eigenvalue weighted by atomic mass is 10.0. The fraction of sp³-hybridized carbons (Fsp3) is 0.577. The van der Waals surface area contributed by atoms with Crippen LogP contribution in [0.1, 0.15) is 40.5 Å². The molecule has 1 fully saturated rings. The number of nitrogens with one attached hydrogen (secondary N) is 2.